The molecule has 4 heteroatoms. The summed E-state index contributed by atoms with van der Waals surface area (Å²) in [5.41, 5.74) is 6.62. The Labute approximate surface area is 126 Å². The van der Waals surface area contributed by atoms with Crippen molar-refractivity contribution in [3.63, 3.8) is 0 Å². The molecule has 1 aromatic rings. The van der Waals surface area contributed by atoms with Gasteiger partial charge in [-0.3, -0.25) is 4.79 Å². The van der Waals surface area contributed by atoms with E-state index in [1.54, 1.807) is 18.2 Å². The monoisotopic (exact) mass is 292 g/mol. The molecule has 1 amide bonds. The average Bonchev–Trinajstić information content (AvgIpc) is 2.48. The van der Waals surface area contributed by atoms with Crippen molar-refractivity contribution in [2.45, 2.75) is 51.6 Å². The number of carbonyl (C=O) groups is 1. The van der Waals surface area contributed by atoms with E-state index in [0.29, 0.717) is 12.0 Å². The Kier molecular flexibility index (Phi) is 5.34. The molecule has 3 unspecified atom stereocenters. The predicted molar refractivity (Wildman–Crippen MR) is 82.3 cm³/mol. The molecule has 116 valence electrons. The number of halogens is 1. The first-order valence-corrected chi connectivity index (χ1v) is 7.80. The lowest BCUT2D eigenvalue weighted by atomic mass is 9.93. The summed E-state index contributed by atoms with van der Waals surface area (Å²) in [6, 6.07) is 6.77. The lowest BCUT2D eigenvalue weighted by Gasteiger charge is -2.39. The van der Waals surface area contributed by atoms with Crippen LogP contribution in [0.4, 0.5) is 4.39 Å². The van der Waals surface area contributed by atoms with E-state index < -0.39 is 0 Å². The zero-order chi connectivity index (χ0) is 15.4. The van der Waals surface area contributed by atoms with Gasteiger partial charge in [-0.15, -0.1) is 0 Å². The molecule has 0 aliphatic carbocycles. The van der Waals surface area contributed by atoms with E-state index >= 15 is 0 Å². The van der Waals surface area contributed by atoms with Crippen molar-refractivity contribution < 1.29 is 9.18 Å². The van der Waals surface area contributed by atoms with Crippen LogP contribution in [0.1, 0.15) is 38.7 Å². The largest absolute Gasteiger partial charge is 0.338 e. The normalized spacial score (nSPS) is 21.9. The second kappa shape index (κ2) is 7.03. The Morgan fingerprint density at radius 1 is 1.38 bits per heavy atom. The van der Waals surface area contributed by atoms with Gasteiger partial charge in [-0.2, -0.15) is 0 Å². The molecule has 0 bridgehead atoms. The number of hydrogen-bond acceptors (Lipinski definition) is 2. The van der Waals surface area contributed by atoms with Gasteiger partial charge in [0.15, 0.2) is 0 Å². The molecule has 0 spiro atoms. The molecule has 3 nitrogen and oxygen atoms in total. The van der Waals surface area contributed by atoms with Crippen LogP contribution in [-0.2, 0) is 11.2 Å². The standard InChI is InChI=1S/C17H25FN2O/c1-12(11-14-7-3-4-8-15(14)18)17(21)20-10-6-5-9-16(20)13(2)19/h3-4,7-8,12-13,16H,5-6,9-11,19H2,1-2H3. The van der Waals surface area contributed by atoms with Crippen molar-refractivity contribution in [2.24, 2.45) is 11.7 Å². The van der Waals surface area contributed by atoms with Gasteiger partial charge in [0.25, 0.3) is 0 Å². The third kappa shape index (κ3) is 3.82. The number of benzene rings is 1. The summed E-state index contributed by atoms with van der Waals surface area (Å²) in [6.45, 7) is 4.60. The maximum atomic E-state index is 13.7. The Bertz CT molecular complexity index is 489. The number of carbonyl (C=O) groups excluding carboxylic acids is 1. The van der Waals surface area contributed by atoms with E-state index in [0.717, 1.165) is 25.8 Å². The van der Waals surface area contributed by atoms with E-state index in [9.17, 15) is 9.18 Å². The van der Waals surface area contributed by atoms with Crippen LogP contribution < -0.4 is 5.73 Å². The van der Waals surface area contributed by atoms with Crippen LogP contribution in [0.2, 0.25) is 0 Å². The van der Waals surface area contributed by atoms with E-state index in [1.807, 2.05) is 18.7 Å². The summed E-state index contributed by atoms with van der Waals surface area (Å²) in [5, 5.41) is 0. The number of likely N-dealkylation sites (tertiary alicyclic amines) is 1. The molecule has 0 radical (unpaired) electrons. The van der Waals surface area contributed by atoms with Crippen LogP contribution in [-0.4, -0.2) is 29.4 Å². The fraction of sp³-hybridized carbons (Fsp3) is 0.588. The van der Waals surface area contributed by atoms with Crippen LogP contribution >= 0.6 is 0 Å². The molecule has 0 aromatic heterocycles. The number of rotatable bonds is 4. The van der Waals surface area contributed by atoms with E-state index in [2.05, 4.69) is 0 Å². The van der Waals surface area contributed by atoms with Gasteiger partial charge in [0, 0.05) is 24.5 Å². The number of amides is 1. The second-order valence-corrected chi connectivity index (χ2v) is 6.15. The highest BCUT2D eigenvalue weighted by atomic mass is 19.1. The van der Waals surface area contributed by atoms with Gasteiger partial charge in [0.05, 0.1) is 0 Å². The first-order chi connectivity index (χ1) is 10.0. The van der Waals surface area contributed by atoms with Crippen molar-refractivity contribution in [3.8, 4) is 0 Å². The fourth-order valence-corrected chi connectivity index (χ4v) is 3.14. The van der Waals surface area contributed by atoms with Crippen molar-refractivity contribution in [1.82, 2.24) is 4.90 Å². The molecule has 1 saturated heterocycles. The zero-order valence-electron chi connectivity index (χ0n) is 12.9. The SMILES string of the molecule is CC(Cc1ccccc1F)C(=O)N1CCCCC1C(C)N. The summed E-state index contributed by atoms with van der Waals surface area (Å²) in [7, 11) is 0. The van der Waals surface area contributed by atoms with Crippen molar-refractivity contribution in [2.75, 3.05) is 6.54 Å². The summed E-state index contributed by atoms with van der Waals surface area (Å²) in [4.78, 5) is 14.6. The number of hydrogen-bond donors (Lipinski definition) is 1. The Morgan fingerprint density at radius 3 is 2.76 bits per heavy atom. The fourth-order valence-electron chi connectivity index (χ4n) is 3.14. The molecule has 1 aliphatic heterocycles. The third-order valence-electron chi connectivity index (χ3n) is 4.34. The topological polar surface area (TPSA) is 46.3 Å². The van der Waals surface area contributed by atoms with Crippen molar-refractivity contribution in [1.29, 1.82) is 0 Å². The molecule has 1 aliphatic rings. The van der Waals surface area contributed by atoms with Crippen molar-refractivity contribution in [3.05, 3.63) is 35.6 Å². The van der Waals surface area contributed by atoms with Gasteiger partial charge in [0.2, 0.25) is 5.91 Å². The minimum Gasteiger partial charge on any atom is -0.338 e. The van der Waals surface area contributed by atoms with Crippen LogP contribution in [0.25, 0.3) is 0 Å². The average molecular weight is 292 g/mol. The molecular formula is C17H25FN2O. The van der Waals surface area contributed by atoms with Crippen LogP contribution in [0.3, 0.4) is 0 Å². The highest BCUT2D eigenvalue weighted by Crippen LogP contribution is 2.23. The molecule has 3 atom stereocenters. The molecule has 2 N–H and O–H groups in total. The Balaban J connectivity index is 2.06. The first-order valence-electron chi connectivity index (χ1n) is 7.80. The zero-order valence-corrected chi connectivity index (χ0v) is 12.9. The lowest BCUT2D eigenvalue weighted by Crippen LogP contribution is -2.53. The first kappa shape index (κ1) is 16.0. The third-order valence-corrected chi connectivity index (χ3v) is 4.34. The maximum absolute atomic E-state index is 13.7. The molecule has 2 rings (SSSR count). The van der Waals surface area contributed by atoms with Crippen LogP contribution in [0, 0.1) is 11.7 Å². The minimum absolute atomic E-state index is 0.0186. The number of nitrogens with two attached hydrogens (primary N) is 1. The van der Waals surface area contributed by atoms with E-state index in [4.69, 9.17) is 5.73 Å². The highest BCUT2D eigenvalue weighted by molar-refractivity contribution is 5.79. The molecule has 0 saturated carbocycles. The Hall–Kier alpha value is -1.42. The molecule has 1 fully saturated rings. The number of piperidine rings is 1. The van der Waals surface area contributed by atoms with Crippen molar-refractivity contribution >= 4 is 5.91 Å². The molecular weight excluding hydrogens is 267 g/mol. The Morgan fingerprint density at radius 2 is 2.10 bits per heavy atom. The summed E-state index contributed by atoms with van der Waals surface area (Å²) < 4.78 is 13.7. The summed E-state index contributed by atoms with van der Waals surface area (Å²) in [5.74, 6) is -0.360. The van der Waals surface area contributed by atoms with Gasteiger partial charge in [-0.05, 0) is 44.2 Å². The van der Waals surface area contributed by atoms with E-state index in [-0.39, 0.29) is 29.7 Å². The molecule has 1 heterocycles. The smallest absolute Gasteiger partial charge is 0.226 e. The minimum atomic E-state index is -0.237. The summed E-state index contributed by atoms with van der Waals surface area (Å²) in [6.07, 6.45) is 3.56. The quantitative estimate of drug-likeness (QED) is 0.927. The highest BCUT2D eigenvalue weighted by Gasteiger charge is 2.31. The van der Waals surface area contributed by atoms with E-state index in [1.165, 1.54) is 6.07 Å². The maximum Gasteiger partial charge on any atom is 0.226 e. The van der Waals surface area contributed by atoms with Crippen LogP contribution in [0.15, 0.2) is 24.3 Å². The molecule has 1 aromatic carbocycles. The van der Waals surface area contributed by atoms with Gasteiger partial charge in [0.1, 0.15) is 5.82 Å². The van der Waals surface area contributed by atoms with Gasteiger partial charge >= 0.3 is 0 Å². The molecule has 21 heavy (non-hydrogen) atoms. The van der Waals surface area contributed by atoms with Gasteiger partial charge < -0.3 is 10.6 Å². The number of nitrogens with zero attached hydrogens (tertiary/aromatic N) is 1. The van der Waals surface area contributed by atoms with Crippen LogP contribution in [0.5, 0.6) is 0 Å². The predicted octanol–water partition coefficient (Wildman–Crippen LogP) is 2.73. The van der Waals surface area contributed by atoms with Gasteiger partial charge in [-0.1, -0.05) is 25.1 Å². The van der Waals surface area contributed by atoms with Gasteiger partial charge in [-0.25, -0.2) is 4.39 Å². The second-order valence-electron chi connectivity index (χ2n) is 6.15. The summed E-state index contributed by atoms with van der Waals surface area (Å²) >= 11 is 0. The lowest BCUT2D eigenvalue weighted by molar-refractivity contribution is -0.139.